The first-order chi connectivity index (χ1) is 17.1. The van der Waals surface area contributed by atoms with Gasteiger partial charge in [0, 0.05) is 28.8 Å². The van der Waals surface area contributed by atoms with Gasteiger partial charge in [0.25, 0.3) is 0 Å². The summed E-state index contributed by atoms with van der Waals surface area (Å²) in [7, 11) is 0. The maximum atomic E-state index is 14.0. The highest BCUT2D eigenvalue weighted by molar-refractivity contribution is 7.99. The van der Waals surface area contributed by atoms with Crippen molar-refractivity contribution in [3.8, 4) is 11.8 Å². The van der Waals surface area contributed by atoms with Gasteiger partial charge in [-0.3, -0.25) is 9.89 Å². The maximum absolute atomic E-state index is 14.0. The van der Waals surface area contributed by atoms with E-state index in [1.165, 1.54) is 11.3 Å². The first kappa shape index (κ1) is 26.8. The molecule has 0 aliphatic heterocycles. The predicted octanol–water partition coefficient (Wildman–Crippen LogP) is 6.83. The van der Waals surface area contributed by atoms with E-state index in [2.05, 4.69) is 29.0 Å². The van der Waals surface area contributed by atoms with Crippen molar-refractivity contribution in [2.24, 2.45) is 17.3 Å². The van der Waals surface area contributed by atoms with E-state index >= 15 is 0 Å². The number of aromatic amines is 1. The normalized spacial score (nSPS) is 24.6. The summed E-state index contributed by atoms with van der Waals surface area (Å²) >= 11 is 2.99. The fourth-order valence-corrected chi connectivity index (χ4v) is 7.09. The zero-order valence-electron chi connectivity index (χ0n) is 21.7. The number of thiophene rings is 1. The number of aromatic carboxylic acids is 1. The summed E-state index contributed by atoms with van der Waals surface area (Å²) in [5.41, 5.74) is 0.353. The lowest BCUT2D eigenvalue weighted by molar-refractivity contribution is -0.124. The molecule has 2 N–H and O–H groups in total. The number of rotatable bonds is 6. The molecule has 1 amide bonds. The second-order valence-corrected chi connectivity index (χ2v) is 13.7. The topological polar surface area (TPSA) is 86.3 Å². The minimum atomic E-state index is -0.989. The Balaban J connectivity index is 1.62. The van der Waals surface area contributed by atoms with Crippen LogP contribution < -0.4 is 4.90 Å². The number of nitrogens with zero attached hydrogens (tertiary/aromatic N) is 2. The summed E-state index contributed by atoms with van der Waals surface area (Å²) in [6.45, 7) is 8.35. The minimum absolute atomic E-state index is 0.00610. The molecule has 2 heterocycles. The number of hydrogen-bond acceptors (Lipinski definition) is 5. The molecule has 194 valence electrons. The average Bonchev–Trinajstić information content (AvgIpc) is 3.49. The molecule has 0 spiro atoms. The Hall–Kier alpha value is -2.24. The molecule has 2 saturated carbocycles. The van der Waals surface area contributed by atoms with Crippen molar-refractivity contribution >= 4 is 40.7 Å². The lowest BCUT2D eigenvalue weighted by Crippen LogP contribution is -2.46. The lowest BCUT2D eigenvalue weighted by Gasteiger charge is -2.39. The number of H-pyrrole nitrogens is 1. The van der Waals surface area contributed by atoms with Crippen LogP contribution in [-0.2, 0) is 4.79 Å². The summed E-state index contributed by atoms with van der Waals surface area (Å²) in [6, 6.07) is 3.84. The Kier molecular flexibility index (Phi) is 8.52. The molecule has 2 aromatic rings. The van der Waals surface area contributed by atoms with Gasteiger partial charge in [-0.1, -0.05) is 18.8 Å². The zero-order valence-corrected chi connectivity index (χ0v) is 23.3. The highest BCUT2D eigenvalue weighted by Gasteiger charge is 2.37. The average molecular weight is 528 g/mol. The monoisotopic (exact) mass is 527 g/mol. The minimum Gasteiger partial charge on any atom is -0.477 e. The van der Waals surface area contributed by atoms with Gasteiger partial charge in [-0.15, -0.1) is 23.1 Å². The van der Waals surface area contributed by atoms with Gasteiger partial charge in [-0.2, -0.15) is 5.10 Å². The molecule has 0 aromatic carbocycles. The lowest BCUT2D eigenvalue weighted by atomic mass is 9.81. The second kappa shape index (κ2) is 11.4. The van der Waals surface area contributed by atoms with Crippen LogP contribution in [0.15, 0.2) is 23.4 Å². The summed E-state index contributed by atoms with van der Waals surface area (Å²) in [4.78, 5) is 29.1. The molecule has 0 unspecified atom stereocenters. The molecule has 0 bridgehead atoms. The quantitative estimate of drug-likeness (QED) is 0.402. The Bertz CT molecular complexity index is 1110. The van der Waals surface area contributed by atoms with Crippen molar-refractivity contribution in [1.82, 2.24) is 10.2 Å². The number of amides is 1. The van der Waals surface area contributed by atoms with Crippen molar-refractivity contribution in [2.45, 2.75) is 95.4 Å². The molecule has 2 aliphatic carbocycles. The molecule has 6 nitrogen and oxygen atoms in total. The number of aromatic nitrogens is 2. The van der Waals surface area contributed by atoms with Crippen LogP contribution in [-0.4, -0.2) is 38.5 Å². The van der Waals surface area contributed by atoms with Gasteiger partial charge < -0.3 is 10.0 Å². The third-order valence-corrected chi connectivity index (χ3v) is 9.42. The Morgan fingerprint density at radius 1 is 1.14 bits per heavy atom. The van der Waals surface area contributed by atoms with Crippen molar-refractivity contribution < 1.29 is 14.7 Å². The Labute approximate surface area is 222 Å². The van der Waals surface area contributed by atoms with Gasteiger partial charge >= 0.3 is 5.97 Å². The highest BCUT2D eigenvalue weighted by Crippen LogP contribution is 2.41. The molecule has 0 saturated heterocycles. The smallest absolute Gasteiger partial charge is 0.348 e. The molecule has 2 aliphatic rings. The fraction of sp³-hybridized carbons (Fsp3) is 0.607. The van der Waals surface area contributed by atoms with E-state index in [4.69, 9.17) is 0 Å². The SMILES string of the molecule is CC(C)(C)C#Cc1cc(N(C(=O)[C@H]2CC[C@H](C)CC2)[C@H]2CC[C@H](Sc3ccn[nH]3)CC2)c(C(=O)O)s1. The standard InChI is InChI=1S/C28H37N3O3S2/c1-18-5-7-19(8-6-18)26(32)31(20-9-11-21(12-10-20)35-24-14-16-29-30-24)23-17-22(13-15-28(2,3)4)36-25(23)27(33)34/h14,16-21H,5-12H2,1-4H3,(H,29,30)(H,33,34)/t18-,19-,20-,21-. The van der Waals surface area contributed by atoms with Crippen LogP contribution in [0.2, 0.25) is 0 Å². The van der Waals surface area contributed by atoms with Crippen LogP contribution in [0.5, 0.6) is 0 Å². The van der Waals surface area contributed by atoms with E-state index in [1.54, 1.807) is 18.0 Å². The van der Waals surface area contributed by atoms with Crippen LogP contribution in [0, 0.1) is 29.1 Å². The summed E-state index contributed by atoms with van der Waals surface area (Å²) < 4.78 is 0. The zero-order chi connectivity index (χ0) is 25.9. The molecule has 8 heteroatoms. The van der Waals surface area contributed by atoms with Crippen molar-refractivity contribution in [2.75, 3.05) is 4.90 Å². The Morgan fingerprint density at radius 2 is 1.83 bits per heavy atom. The number of carboxylic acids is 1. The number of nitrogens with one attached hydrogen (secondary N) is 1. The van der Waals surface area contributed by atoms with Gasteiger partial charge in [-0.05, 0) is 90.2 Å². The first-order valence-electron chi connectivity index (χ1n) is 13.0. The van der Waals surface area contributed by atoms with E-state index in [1.807, 2.05) is 37.8 Å². The van der Waals surface area contributed by atoms with E-state index in [9.17, 15) is 14.7 Å². The van der Waals surface area contributed by atoms with Crippen LogP contribution in [0.3, 0.4) is 0 Å². The highest BCUT2D eigenvalue weighted by atomic mass is 32.2. The fourth-order valence-electron chi connectivity index (χ4n) is 5.13. The van der Waals surface area contributed by atoms with Gasteiger partial charge in [0.05, 0.1) is 15.6 Å². The summed E-state index contributed by atoms with van der Waals surface area (Å²) in [6.07, 6.45) is 9.30. The maximum Gasteiger partial charge on any atom is 0.348 e. The van der Waals surface area contributed by atoms with Crippen LogP contribution in [0.25, 0.3) is 0 Å². The van der Waals surface area contributed by atoms with Crippen LogP contribution in [0.4, 0.5) is 5.69 Å². The van der Waals surface area contributed by atoms with Gasteiger partial charge in [-0.25, -0.2) is 4.79 Å². The summed E-state index contributed by atoms with van der Waals surface area (Å²) in [5.74, 6) is 6.10. The Morgan fingerprint density at radius 3 is 2.42 bits per heavy atom. The van der Waals surface area contributed by atoms with Gasteiger partial charge in [0.15, 0.2) is 0 Å². The largest absolute Gasteiger partial charge is 0.477 e. The number of carboxylic acid groups (broad SMARTS) is 1. The molecule has 0 radical (unpaired) electrons. The van der Waals surface area contributed by atoms with Crippen molar-refractivity contribution in [1.29, 1.82) is 0 Å². The van der Waals surface area contributed by atoms with Gasteiger partial charge in [0.1, 0.15) is 4.88 Å². The van der Waals surface area contributed by atoms with Gasteiger partial charge in [0.2, 0.25) is 5.91 Å². The number of hydrogen-bond donors (Lipinski definition) is 2. The first-order valence-corrected chi connectivity index (χ1v) is 14.7. The molecule has 36 heavy (non-hydrogen) atoms. The van der Waals surface area contributed by atoms with Crippen molar-refractivity contribution in [3.05, 3.63) is 28.1 Å². The molecular formula is C28H37N3O3S2. The second-order valence-electron chi connectivity index (χ2n) is 11.3. The van der Waals surface area contributed by atoms with E-state index in [0.29, 0.717) is 21.7 Å². The van der Waals surface area contributed by atoms with Crippen LogP contribution in [0.1, 0.15) is 93.6 Å². The molecule has 0 atom stereocenters. The predicted molar refractivity (Wildman–Crippen MR) is 147 cm³/mol. The van der Waals surface area contributed by atoms with E-state index in [0.717, 1.165) is 56.4 Å². The molecular weight excluding hydrogens is 490 g/mol. The van der Waals surface area contributed by atoms with E-state index in [-0.39, 0.29) is 28.2 Å². The third kappa shape index (κ3) is 6.74. The number of carbonyl (C=O) groups is 2. The molecule has 4 rings (SSSR count). The van der Waals surface area contributed by atoms with Crippen LogP contribution >= 0.6 is 23.1 Å². The molecule has 2 fully saturated rings. The molecule has 2 aromatic heterocycles. The van der Waals surface area contributed by atoms with E-state index < -0.39 is 5.97 Å². The summed E-state index contributed by atoms with van der Waals surface area (Å²) in [5, 5.41) is 18.7. The van der Waals surface area contributed by atoms with Crippen molar-refractivity contribution in [3.63, 3.8) is 0 Å². The number of anilines is 1. The third-order valence-electron chi connectivity index (χ3n) is 7.11. The number of thioether (sulfide) groups is 1. The number of carbonyl (C=O) groups excluding carboxylic acids is 1.